The molecule has 32 heavy (non-hydrogen) atoms. The first kappa shape index (κ1) is 23.4. The number of carbonyl (C=O) groups is 2. The highest BCUT2D eigenvalue weighted by Gasteiger charge is 2.16. The minimum atomic E-state index is -0.284. The fourth-order valence-electron chi connectivity index (χ4n) is 3.27. The Morgan fingerprint density at radius 2 is 1.59 bits per heavy atom. The second-order valence-electron chi connectivity index (χ2n) is 7.48. The third-order valence-corrected chi connectivity index (χ3v) is 5.32. The maximum absolute atomic E-state index is 12.9. The molecule has 6 heteroatoms. The van der Waals surface area contributed by atoms with E-state index in [2.05, 4.69) is 17.6 Å². The number of aryl methyl sites for hydroxylation is 1. The Kier molecular flexibility index (Phi) is 8.70. The van der Waals surface area contributed by atoms with Crippen LogP contribution in [-0.2, 0) is 6.42 Å². The van der Waals surface area contributed by atoms with Gasteiger partial charge in [0.25, 0.3) is 5.91 Å². The van der Waals surface area contributed by atoms with E-state index >= 15 is 0 Å². The van der Waals surface area contributed by atoms with Gasteiger partial charge < -0.3 is 10.6 Å². The van der Waals surface area contributed by atoms with Crippen LogP contribution < -0.4 is 15.5 Å². The molecule has 0 fully saturated rings. The van der Waals surface area contributed by atoms with Gasteiger partial charge in [-0.2, -0.15) is 0 Å². The zero-order valence-corrected chi connectivity index (χ0v) is 18.9. The van der Waals surface area contributed by atoms with Crippen molar-refractivity contribution in [1.29, 1.82) is 0 Å². The van der Waals surface area contributed by atoms with Crippen molar-refractivity contribution in [2.45, 2.75) is 26.2 Å². The number of hydrogen-bond donors (Lipinski definition) is 2. The number of carbonyl (C=O) groups excluding carboxylic acids is 2. The van der Waals surface area contributed by atoms with Gasteiger partial charge in [-0.05, 0) is 66.9 Å². The van der Waals surface area contributed by atoms with Gasteiger partial charge in [-0.1, -0.05) is 55.3 Å². The molecule has 0 radical (unpaired) electrons. The summed E-state index contributed by atoms with van der Waals surface area (Å²) in [7, 11) is 0. The topological polar surface area (TPSA) is 61.4 Å². The van der Waals surface area contributed by atoms with Gasteiger partial charge in [-0.25, -0.2) is 4.79 Å². The lowest BCUT2D eigenvalue weighted by molar-refractivity contribution is 0.0954. The van der Waals surface area contributed by atoms with Gasteiger partial charge in [0, 0.05) is 35.1 Å². The Bertz CT molecular complexity index is 1010. The summed E-state index contributed by atoms with van der Waals surface area (Å²) in [5.74, 6) is -0.154. The van der Waals surface area contributed by atoms with Gasteiger partial charge in [0.2, 0.25) is 0 Å². The molecule has 0 unspecified atom stereocenters. The summed E-state index contributed by atoms with van der Waals surface area (Å²) >= 11 is 5.92. The lowest BCUT2D eigenvalue weighted by atomic mass is 10.1. The second-order valence-corrected chi connectivity index (χ2v) is 7.92. The molecule has 0 atom stereocenters. The van der Waals surface area contributed by atoms with Crippen molar-refractivity contribution >= 4 is 34.9 Å². The highest BCUT2D eigenvalue weighted by molar-refractivity contribution is 6.30. The number of amides is 3. The normalized spacial score (nSPS) is 10.4. The quantitative estimate of drug-likeness (QED) is 0.411. The number of anilines is 2. The molecule has 2 N–H and O–H groups in total. The van der Waals surface area contributed by atoms with Crippen LogP contribution in [-0.4, -0.2) is 25.0 Å². The standard InChI is InChI=1S/C26H28ClN3O2/c1-2-3-7-20-10-12-21(13-11-20)25(31)28-18-19-30(24-8-5-4-6-9-24)26(32)29-23-16-14-22(27)15-17-23/h4-6,8-17H,2-3,7,18-19H2,1H3,(H,28,31)(H,29,32). The van der Waals surface area contributed by atoms with Crippen LogP contribution in [0.5, 0.6) is 0 Å². The highest BCUT2D eigenvalue weighted by atomic mass is 35.5. The first-order valence-electron chi connectivity index (χ1n) is 10.8. The Labute approximate surface area is 194 Å². The van der Waals surface area contributed by atoms with Crippen LogP contribution in [0.2, 0.25) is 5.02 Å². The third-order valence-electron chi connectivity index (χ3n) is 5.06. The number of nitrogens with zero attached hydrogens (tertiary/aromatic N) is 1. The van der Waals surface area contributed by atoms with Crippen molar-refractivity contribution in [3.8, 4) is 0 Å². The number of benzene rings is 3. The summed E-state index contributed by atoms with van der Waals surface area (Å²) in [6.07, 6.45) is 3.30. The van der Waals surface area contributed by atoms with Crippen molar-refractivity contribution in [2.24, 2.45) is 0 Å². The summed E-state index contributed by atoms with van der Waals surface area (Å²) in [6.45, 7) is 2.80. The summed E-state index contributed by atoms with van der Waals surface area (Å²) in [6, 6.07) is 23.7. The summed E-state index contributed by atoms with van der Waals surface area (Å²) in [5.41, 5.74) is 3.24. The molecule has 0 aliphatic carbocycles. The molecule has 0 aromatic heterocycles. The van der Waals surface area contributed by atoms with E-state index in [9.17, 15) is 9.59 Å². The molecule has 0 aliphatic heterocycles. The second kappa shape index (κ2) is 11.9. The van der Waals surface area contributed by atoms with E-state index in [-0.39, 0.29) is 11.9 Å². The van der Waals surface area contributed by atoms with Crippen molar-refractivity contribution in [1.82, 2.24) is 5.32 Å². The highest BCUT2D eigenvalue weighted by Crippen LogP contribution is 2.17. The van der Waals surface area contributed by atoms with Gasteiger partial charge in [-0.15, -0.1) is 0 Å². The molecule has 0 saturated heterocycles. The molecule has 3 aromatic rings. The van der Waals surface area contributed by atoms with E-state index in [0.29, 0.717) is 29.4 Å². The van der Waals surface area contributed by atoms with E-state index in [1.807, 2.05) is 54.6 Å². The van der Waals surface area contributed by atoms with E-state index in [0.717, 1.165) is 24.9 Å². The Morgan fingerprint density at radius 1 is 0.906 bits per heavy atom. The number of halogens is 1. The molecule has 0 bridgehead atoms. The summed E-state index contributed by atoms with van der Waals surface area (Å²) in [4.78, 5) is 27.1. The lowest BCUT2D eigenvalue weighted by Crippen LogP contribution is -2.41. The molecule has 0 saturated carbocycles. The van der Waals surface area contributed by atoms with E-state index < -0.39 is 0 Å². The number of hydrogen-bond acceptors (Lipinski definition) is 2. The van der Waals surface area contributed by atoms with E-state index in [1.54, 1.807) is 29.2 Å². The summed E-state index contributed by atoms with van der Waals surface area (Å²) in [5, 5.41) is 6.39. The molecule has 0 heterocycles. The minimum absolute atomic E-state index is 0.154. The molecule has 3 aromatic carbocycles. The first-order chi connectivity index (χ1) is 15.6. The number of unbranched alkanes of at least 4 members (excludes halogenated alkanes) is 1. The molecule has 3 amide bonds. The van der Waals surface area contributed by atoms with E-state index in [1.165, 1.54) is 5.56 Å². The van der Waals surface area contributed by atoms with Crippen LogP contribution in [0.3, 0.4) is 0 Å². The Hall–Kier alpha value is -3.31. The van der Waals surface area contributed by atoms with Gasteiger partial charge in [-0.3, -0.25) is 9.69 Å². The van der Waals surface area contributed by atoms with Crippen molar-refractivity contribution in [2.75, 3.05) is 23.3 Å². The predicted molar refractivity (Wildman–Crippen MR) is 132 cm³/mol. The fourth-order valence-corrected chi connectivity index (χ4v) is 3.39. The van der Waals surface area contributed by atoms with Gasteiger partial charge >= 0.3 is 6.03 Å². The van der Waals surface area contributed by atoms with E-state index in [4.69, 9.17) is 11.6 Å². The van der Waals surface area contributed by atoms with Crippen molar-refractivity contribution in [3.63, 3.8) is 0 Å². The number of rotatable bonds is 9. The van der Waals surface area contributed by atoms with Crippen LogP contribution in [0, 0.1) is 0 Å². The number of nitrogens with one attached hydrogen (secondary N) is 2. The largest absolute Gasteiger partial charge is 0.350 e. The molecule has 5 nitrogen and oxygen atoms in total. The third kappa shape index (κ3) is 6.86. The predicted octanol–water partition coefficient (Wildman–Crippen LogP) is 6.15. The smallest absolute Gasteiger partial charge is 0.326 e. The molecule has 0 aliphatic rings. The monoisotopic (exact) mass is 449 g/mol. The van der Waals surface area contributed by atoms with Crippen LogP contribution in [0.1, 0.15) is 35.7 Å². The number of para-hydroxylation sites is 1. The molecular formula is C26H28ClN3O2. The van der Waals surface area contributed by atoms with Crippen LogP contribution in [0.25, 0.3) is 0 Å². The lowest BCUT2D eigenvalue weighted by Gasteiger charge is -2.23. The van der Waals surface area contributed by atoms with Crippen molar-refractivity contribution in [3.05, 3.63) is 95.0 Å². The fraction of sp³-hybridized carbons (Fsp3) is 0.231. The van der Waals surface area contributed by atoms with Crippen LogP contribution in [0.4, 0.5) is 16.2 Å². The van der Waals surface area contributed by atoms with Gasteiger partial charge in [0.1, 0.15) is 0 Å². The van der Waals surface area contributed by atoms with Gasteiger partial charge in [0.15, 0.2) is 0 Å². The van der Waals surface area contributed by atoms with Crippen LogP contribution in [0.15, 0.2) is 78.9 Å². The zero-order chi connectivity index (χ0) is 22.8. The molecule has 0 spiro atoms. The summed E-state index contributed by atoms with van der Waals surface area (Å²) < 4.78 is 0. The maximum Gasteiger partial charge on any atom is 0.326 e. The maximum atomic E-state index is 12.9. The minimum Gasteiger partial charge on any atom is -0.350 e. The molecule has 3 rings (SSSR count). The zero-order valence-electron chi connectivity index (χ0n) is 18.2. The van der Waals surface area contributed by atoms with Crippen molar-refractivity contribution < 1.29 is 9.59 Å². The molecular weight excluding hydrogens is 422 g/mol. The number of urea groups is 1. The van der Waals surface area contributed by atoms with Crippen LogP contribution >= 0.6 is 11.6 Å². The van der Waals surface area contributed by atoms with Gasteiger partial charge in [0.05, 0.1) is 0 Å². The Morgan fingerprint density at radius 3 is 2.25 bits per heavy atom. The average Bonchev–Trinajstić information content (AvgIpc) is 2.82. The Balaban J connectivity index is 1.60. The average molecular weight is 450 g/mol. The SMILES string of the molecule is CCCCc1ccc(C(=O)NCCN(C(=O)Nc2ccc(Cl)cc2)c2ccccc2)cc1. The molecule has 166 valence electrons. The first-order valence-corrected chi connectivity index (χ1v) is 11.2.